The van der Waals surface area contributed by atoms with Gasteiger partial charge in [-0.15, -0.1) is 0 Å². The molecule has 138 valence electrons. The lowest BCUT2D eigenvalue weighted by Crippen LogP contribution is -2.54. The highest BCUT2D eigenvalue weighted by molar-refractivity contribution is 5.97. The molecule has 2 aliphatic heterocycles. The van der Waals surface area contributed by atoms with Crippen LogP contribution in [0, 0.1) is 0 Å². The summed E-state index contributed by atoms with van der Waals surface area (Å²) in [6, 6.07) is 3.29. The summed E-state index contributed by atoms with van der Waals surface area (Å²) in [4.78, 5) is 14.9. The number of halogens is 3. The van der Waals surface area contributed by atoms with Gasteiger partial charge in [-0.1, -0.05) is 6.42 Å². The molecule has 0 spiro atoms. The van der Waals surface area contributed by atoms with E-state index in [0.717, 1.165) is 44.4 Å². The van der Waals surface area contributed by atoms with Crippen LogP contribution in [0.25, 0.3) is 0 Å². The van der Waals surface area contributed by atoms with Crippen molar-refractivity contribution in [2.45, 2.75) is 63.3 Å². The Morgan fingerprint density at radius 2 is 2.04 bits per heavy atom. The molecule has 0 aliphatic carbocycles. The molecule has 0 saturated carbocycles. The molecule has 1 amide bonds. The summed E-state index contributed by atoms with van der Waals surface area (Å²) in [5, 5.41) is 12.6. The van der Waals surface area contributed by atoms with Gasteiger partial charge in [0.2, 0.25) is 0 Å². The SMILES string of the molecule is C[C@@H]1CCC[C@@H]2C[C@@H](NC(=O)c3cc(C(F)(F)F)ccc3O)CCN21. The molecule has 3 rings (SSSR count). The lowest BCUT2D eigenvalue weighted by molar-refractivity contribution is -0.137. The second-order valence-electron chi connectivity index (χ2n) is 7.10. The van der Waals surface area contributed by atoms with Gasteiger partial charge in [-0.3, -0.25) is 9.69 Å². The first kappa shape index (κ1) is 18.0. The second-order valence-corrected chi connectivity index (χ2v) is 7.10. The molecule has 1 aromatic carbocycles. The van der Waals surface area contributed by atoms with Crippen molar-refractivity contribution in [3.05, 3.63) is 29.3 Å². The van der Waals surface area contributed by atoms with E-state index in [9.17, 15) is 23.1 Å². The maximum atomic E-state index is 12.8. The summed E-state index contributed by atoms with van der Waals surface area (Å²) < 4.78 is 38.5. The second kappa shape index (κ2) is 6.86. The first-order valence-corrected chi connectivity index (χ1v) is 8.72. The van der Waals surface area contributed by atoms with Crippen molar-refractivity contribution in [2.75, 3.05) is 6.54 Å². The number of benzene rings is 1. The van der Waals surface area contributed by atoms with Crippen LogP contribution < -0.4 is 5.32 Å². The normalized spacial score (nSPS) is 27.6. The lowest BCUT2D eigenvalue weighted by atomic mass is 9.87. The maximum absolute atomic E-state index is 12.8. The minimum Gasteiger partial charge on any atom is -0.507 e. The highest BCUT2D eigenvalue weighted by Gasteiger charge is 2.35. The van der Waals surface area contributed by atoms with Gasteiger partial charge in [0.25, 0.3) is 5.91 Å². The Bertz CT molecular complexity index is 648. The van der Waals surface area contributed by atoms with E-state index in [4.69, 9.17) is 0 Å². The number of fused-ring (bicyclic) bond motifs is 1. The molecule has 0 radical (unpaired) electrons. The van der Waals surface area contributed by atoms with Crippen LogP contribution >= 0.6 is 0 Å². The predicted octanol–water partition coefficient (Wildman–Crippen LogP) is 3.55. The van der Waals surface area contributed by atoms with Crippen molar-refractivity contribution in [3.63, 3.8) is 0 Å². The van der Waals surface area contributed by atoms with E-state index in [1.54, 1.807) is 0 Å². The van der Waals surface area contributed by atoms with Crippen molar-refractivity contribution < 1.29 is 23.1 Å². The monoisotopic (exact) mass is 356 g/mol. The standard InChI is InChI=1S/C18H23F3N2O2/c1-11-3-2-4-14-10-13(7-8-23(11)14)22-17(25)15-9-12(18(19,20)21)5-6-16(15)24/h5-6,9,11,13-14,24H,2-4,7-8,10H2,1H3,(H,22,25)/t11-,13+,14-/m1/s1. The summed E-state index contributed by atoms with van der Waals surface area (Å²) in [5.74, 6) is -1.08. The molecule has 25 heavy (non-hydrogen) atoms. The number of phenolic OH excluding ortho intramolecular Hbond substituents is 1. The number of hydrogen-bond donors (Lipinski definition) is 2. The van der Waals surface area contributed by atoms with Crippen LogP contribution in [0.15, 0.2) is 18.2 Å². The number of nitrogens with one attached hydrogen (secondary N) is 1. The Kier molecular flexibility index (Phi) is 4.95. The van der Waals surface area contributed by atoms with Gasteiger partial charge >= 0.3 is 6.18 Å². The molecule has 0 bridgehead atoms. The predicted molar refractivity (Wildman–Crippen MR) is 87.4 cm³/mol. The minimum atomic E-state index is -4.55. The zero-order chi connectivity index (χ0) is 18.2. The summed E-state index contributed by atoms with van der Waals surface area (Å²) in [6.07, 6.45) is 0.461. The molecule has 0 unspecified atom stereocenters. The molecule has 2 N–H and O–H groups in total. The molecule has 2 fully saturated rings. The Balaban J connectivity index is 1.69. The Labute approximate surface area is 145 Å². The average Bonchev–Trinajstić information content (AvgIpc) is 2.54. The number of aromatic hydroxyl groups is 1. The zero-order valence-electron chi connectivity index (χ0n) is 14.1. The highest BCUT2D eigenvalue weighted by atomic mass is 19.4. The van der Waals surface area contributed by atoms with Gasteiger partial charge in [0, 0.05) is 24.7 Å². The first-order chi connectivity index (χ1) is 11.8. The number of alkyl halides is 3. The van der Waals surface area contributed by atoms with Crippen LogP contribution in [0.5, 0.6) is 5.75 Å². The Hall–Kier alpha value is -1.76. The third-order valence-electron chi connectivity index (χ3n) is 5.39. The molecular formula is C18H23F3N2O2. The van der Waals surface area contributed by atoms with E-state index in [-0.39, 0.29) is 11.6 Å². The summed E-state index contributed by atoms with van der Waals surface area (Å²) >= 11 is 0. The molecule has 2 saturated heterocycles. The Morgan fingerprint density at radius 1 is 1.28 bits per heavy atom. The number of phenols is 1. The fourth-order valence-corrected chi connectivity index (χ4v) is 4.04. The fraction of sp³-hybridized carbons (Fsp3) is 0.611. The lowest BCUT2D eigenvalue weighted by Gasteiger charge is -2.46. The van der Waals surface area contributed by atoms with Gasteiger partial charge in [0.15, 0.2) is 0 Å². The topological polar surface area (TPSA) is 52.6 Å². The van der Waals surface area contributed by atoms with E-state index in [1.807, 2.05) is 0 Å². The van der Waals surface area contributed by atoms with Gasteiger partial charge in [0.05, 0.1) is 11.1 Å². The fourth-order valence-electron chi connectivity index (χ4n) is 4.04. The van der Waals surface area contributed by atoms with E-state index in [2.05, 4.69) is 17.1 Å². The van der Waals surface area contributed by atoms with E-state index in [1.165, 1.54) is 6.42 Å². The third kappa shape index (κ3) is 3.92. The molecule has 4 nitrogen and oxygen atoms in total. The maximum Gasteiger partial charge on any atom is 0.416 e. The number of nitrogens with zero attached hydrogens (tertiary/aromatic N) is 1. The van der Waals surface area contributed by atoms with E-state index >= 15 is 0 Å². The zero-order valence-corrected chi connectivity index (χ0v) is 14.1. The molecule has 0 aromatic heterocycles. The van der Waals surface area contributed by atoms with Crippen LogP contribution in [0.4, 0.5) is 13.2 Å². The van der Waals surface area contributed by atoms with Crippen LogP contribution in [0.3, 0.4) is 0 Å². The quantitative estimate of drug-likeness (QED) is 0.852. The van der Waals surface area contributed by atoms with Gasteiger partial charge in [0.1, 0.15) is 5.75 Å². The molecule has 2 heterocycles. The number of hydrogen-bond acceptors (Lipinski definition) is 3. The van der Waals surface area contributed by atoms with Crippen LogP contribution in [0.1, 0.15) is 54.9 Å². The molecular weight excluding hydrogens is 333 g/mol. The van der Waals surface area contributed by atoms with Gasteiger partial charge in [-0.05, 0) is 50.8 Å². The average molecular weight is 356 g/mol. The minimum absolute atomic E-state index is 0.0759. The van der Waals surface area contributed by atoms with Gasteiger partial charge in [-0.2, -0.15) is 13.2 Å². The smallest absolute Gasteiger partial charge is 0.416 e. The van der Waals surface area contributed by atoms with E-state index in [0.29, 0.717) is 18.2 Å². The van der Waals surface area contributed by atoms with Crippen LogP contribution in [-0.2, 0) is 6.18 Å². The van der Waals surface area contributed by atoms with Crippen LogP contribution in [-0.4, -0.2) is 40.6 Å². The number of rotatable bonds is 2. The number of carbonyl (C=O) groups excluding carboxylic acids is 1. The first-order valence-electron chi connectivity index (χ1n) is 8.72. The van der Waals surface area contributed by atoms with Crippen molar-refractivity contribution >= 4 is 5.91 Å². The number of piperidine rings is 2. The van der Waals surface area contributed by atoms with Crippen LogP contribution in [0.2, 0.25) is 0 Å². The third-order valence-corrected chi connectivity index (χ3v) is 5.39. The summed E-state index contributed by atoms with van der Waals surface area (Å²) in [7, 11) is 0. The highest BCUT2D eigenvalue weighted by Crippen LogP contribution is 2.33. The van der Waals surface area contributed by atoms with Gasteiger partial charge < -0.3 is 10.4 Å². The summed E-state index contributed by atoms with van der Waals surface area (Å²) in [6.45, 7) is 3.09. The van der Waals surface area contributed by atoms with Crippen molar-refractivity contribution in [2.24, 2.45) is 0 Å². The van der Waals surface area contributed by atoms with E-state index < -0.39 is 23.4 Å². The largest absolute Gasteiger partial charge is 0.507 e. The van der Waals surface area contributed by atoms with Gasteiger partial charge in [-0.25, -0.2) is 0 Å². The van der Waals surface area contributed by atoms with Crippen molar-refractivity contribution in [1.29, 1.82) is 0 Å². The molecule has 1 aromatic rings. The molecule has 7 heteroatoms. The number of amides is 1. The molecule has 3 atom stereocenters. The molecule has 2 aliphatic rings. The number of carbonyl (C=O) groups is 1. The van der Waals surface area contributed by atoms with Crippen molar-refractivity contribution in [1.82, 2.24) is 10.2 Å². The summed E-state index contributed by atoms with van der Waals surface area (Å²) in [5.41, 5.74) is -1.26. The van der Waals surface area contributed by atoms with Crippen molar-refractivity contribution in [3.8, 4) is 5.75 Å². The Morgan fingerprint density at radius 3 is 2.76 bits per heavy atom.